The number of carboxylic acids is 1. The van der Waals surface area contributed by atoms with Crippen molar-refractivity contribution in [2.24, 2.45) is 5.92 Å². The molecule has 0 spiro atoms. The molecule has 1 saturated heterocycles. The number of furan rings is 1. The van der Waals surface area contributed by atoms with Crippen LogP contribution >= 0.6 is 0 Å². The van der Waals surface area contributed by atoms with Gasteiger partial charge in [0.2, 0.25) is 5.76 Å². The summed E-state index contributed by atoms with van der Waals surface area (Å²) in [5, 5.41) is 12.1. The summed E-state index contributed by atoms with van der Waals surface area (Å²) in [4.78, 5) is 10.8. The Hall–Kier alpha value is -1.33. The number of carbonyl (C=O) groups is 1. The van der Waals surface area contributed by atoms with E-state index in [4.69, 9.17) is 14.3 Å². The number of ether oxygens (including phenoxy) is 1. The van der Waals surface area contributed by atoms with Crippen LogP contribution in [-0.2, 0) is 11.3 Å². The molecule has 1 aromatic rings. The van der Waals surface area contributed by atoms with Crippen molar-refractivity contribution in [3.05, 3.63) is 23.7 Å². The Labute approximate surface area is 99.8 Å². The molecule has 2 rings (SSSR count). The van der Waals surface area contributed by atoms with Crippen molar-refractivity contribution in [2.75, 3.05) is 19.8 Å². The molecule has 0 aromatic carbocycles. The fourth-order valence-electron chi connectivity index (χ4n) is 2.04. The molecule has 1 unspecified atom stereocenters. The van der Waals surface area contributed by atoms with Crippen molar-refractivity contribution in [1.29, 1.82) is 0 Å². The van der Waals surface area contributed by atoms with Crippen LogP contribution in [0.2, 0.25) is 0 Å². The SMILES string of the molecule is O=C(O)c1occc1CNCC1CCCOC1. The van der Waals surface area contributed by atoms with Gasteiger partial charge in [-0.1, -0.05) is 0 Å². The van der Waals surface area contributed by atoms with Crippen molar-refractivity contribution in [2.45, 2.75) is 19.4 Å². The summed E-state index contributed by atoms with van der Waals surface area (Å²) in [5.41, 5.74) is 0.689. The minimum absolute atomic E-state index is 0.0254. The molecule has 2 N–H and O–H groups in total. The van der Waals surface area contributed by atoms with Crippen LogP contribution in [0.15, 0.2) is 16.7 Å². The van der Waals surface area contributed by atoms with Gasteiger partial charge in [0.25, 0.3) is 0 Å². The average molecular weight is 239 g/mol. The van der Waals surface area contributed by atoms with Gasteiger partial charge in [-0.05, 0) is 24.8 Å². The molecular weight excluding hydrogens is 222 g/mol. The number of rotatable bonds is 5. The Morgan fingerprint density at radius 1 is 1.59 bits per heavy atom. The first kappa shape index (κ1) is 12.1. The Balaban J connectivity index is 1.77. The molecule has 1 aliphatic rings. The van der Waals surface area contributed by atoms with Gasteiger partial charge in [-0.2, -0.15) is 0 Å². The lowest BCUT2D eigenvalue weighted by molar-refractivity contribution is 0.0546. The molecule has 0 saturated carbocycles. The zero-order valence-corrected chi connectivity index (χ0v) is 9.65. The third kappa shape index (κ3) is 3.31. The van der Waals surface area contributed by atoms with E-state index in [2.05, 4.69) is 5.32 Å². The Bertz CT molecular complexity index is 368. The molecule has 17 heavy (non-hydrogen) atoms. The van der Waals surface area contributed by atoms with Crippen molar-refractivity contribution < 1.29 is 19.1 Å². The molecule has 1 fully saturated rings. The average Bonchev–Trinajstić information content (AvgIpc) is 2.79. The maximum absolute atomic E-state index is 10.8. The van der Waals surface area contributed by atoms with Crippen molar-refractivity contribution in [3.63, 3.8) is 0 Å². The van der Waals surface area contributed by atoms with Crippen LogP contribution in [0.3, 0.4) is 0 Å². The number of nitrogens with one attached hydrogen (secondary N) is 1. The minimum Gasteiger partial charge on any atom is -0.475 e. The van der Waals surface area contributed by atoms with Crippen molar-refractivity contribution in [1.82, 2.24) is 5.32 Å². The Kier molecular flexibility index (Phi) is 4.17. The van der Waals surface area contributed by atoms with Crippen LogP contribution in [0.4, 0.5) is 0 Å². The molecule has 94 valence electrons. The zero-order chi connectivity index (χ0) is 12.1. The second-order valence-corrected chi connectivity index (χ2v) is 4.29. The normalized spacial score (nSPS) is 20.4. The summed E-state index contributed by atoms with van der Waals surface area (Å²) in [5.74, 6) is -0.464. The van der Waals surface area contributed by atoms with E-state index in [1.807, 2.05) is 0 Å². The molecule has 0 radical (unpaired) electrons. The largest absolute Gasteiger partial charge is 0.475 e. The first-order valence-electron chi connectivity index (χ1n) is 5.85. The van der Waals surface area contributed by atoms with Crippen LogP contribution in [0.5, 0.6) is 0 Å². The topological polar surface area (TPSA) is 71.7 Å². The van der Waals surface area contributed by atoms with Gasteiger partial charge in [-0.15, -0.1) is 0 Å². The van der Waals surface area contributed by atoms with Gasteiger partial charge < -0.3 is 19.6 Å². The lowest BCUT2D eigenvalue weighted by Crippen LogP contribution is -2.29. The highest BCUT2D eigenvalue weighted by Crippen LogP contribution is 2.13. The highest BCUT2D eigenvalue weighted by atomic mass is 16.5. The number of hydrogen-bond donors (Lipinski definition) is 2. The standard InChI is InChI=1S/C12H17NO4/c14-12(15)11-10(3-5-17-11)7-13-6-9-2-1-4-16-8-9/h3,5,9,13H,1-2,4,6-8H2,(H,14,15). The van der Waals surface area contributed by atoms with Crippen molar-refractivity contribution in [3.8, 4) is 0 Å². The Morgan fingerprint density at radius 3 is 3.18 bits per heavy atom. The highest BCUT2D eigenvalue weighted by Gasteiger charge is 2.16. The van der Waals surface area contributed by atoms with Crippen LogP contribution in [0.25, 0.3) is 0 Å². The van der Waals surface area contributed by atoms with Crippen LogP contribution < -0.4 is 5.32 Å². The molecule has 2 heterocycles. The summed E-state index contributed by atoms with van der Waals surface area (Å²) in [6.07, 6.45) is 3.69. The fraction of sp³-hybridized carbons (Fsp3) is 0.583. The van der Waals surface area contributed by atoms with Crippen LogP contribution in [-0.4, -0.2) is 30.8 Å². The smallest absolute Gasteiger partial charge is 0.372 e. The van der Waals surface area contributed by atoms with Gasteiger partial charge in [-0.3, -0.25) is 0 Å². The molecule has 0 bridgehead atoms. The van der Waals surface area contributed by atoms with Gasteiger partial charge in [0.1, 0.15) is 0 Å². The lowest BCUT2D eigenvalue weighted by Gasteiger charge is -2.22. The second kappa shape index (κ2) is 5.84. The predicted molar refractivity (Wildman–Crippen MR) is 60.9 cm³/mol. The molecule has 0 amide bonds. The maximum Gasteiger partial charge on any atom is 0.372 e. The predicted octanol–water partition coefficient (Wildman–Crippen LogP) is 1.49. The van der Waals surface area contributed by atoms with E-state index in [1.54, 1.807) is 6.07 Å². The van der Waals surface area contributed by atoms with Gasteiger partial charge in [0.05, 0.1) is 12.9 Å². The van der Waals surface area contributed by atoms with Gasteiger partial charge in [0, 0.05) is 25.3 Å². The maximum atomic E-state index is 10.8. The molecule has 1 aromatic heterocycles. The van der Waals surface area contributed by atoms with E-state index in [0.717, 1.165) is 26.2 Å². The van der Waals surface area contributed by atoms with E-state index in [0.29, 0.717) is 18.0 Å². The zero-order valence-electron chi connectivity index (χ0n) is 9.65. The quantitative estimate of drug-likeness (QED) is 0.814. The van der Waals surface area contributed by atoms with Crippen molar-refractivity contribution >= 4 is 5.97 Å². The summed E-state index contributed by atoms with van der Waals surface area (Å²) >= 11 is 0. The summed E-state index contributed by atoms with van der Waals surface area (Å²) in [7, 11) is 0. The summed E-state index contributed by atoms with van der Waals surface area (Å²) < 4.78 is 10.3. The summed E-state index contributed by atoms with van der Waals surface area (Å²) in [6, 6.07) is 1.69. The number of aromatic carboxylic acids is 1. The van der Waals surface area contributed by atoms with E-state index in [1.165, 1.54) is 12.7 Å². The molecule has 5 heteroatoms. The first-order chi connectivity index (χ1) is 8.27. The highest BCUT2D eigenvalue weighted by molar-refractivity contribution is 5.86. The van der Waals surface area contributed by atoms with Crippen LogP contribution in [0, 0.1) is 5.92 Å². The lowest BCUT2D eigenvalue weighted by atomic mass is 10.0. The Morgan fingerprint density at radius 2 is 2.47 bits per heavy atom. The third-order valence-corrected chi connectivity index (χ3v) is 2.94. The number of hydrogen-bond acceptors (Lipinski definition) is 4. The van der Waals surface area contributed by atoms with Gasteiger partial charge >= 0.3 is 5.97 Å². The summed E-state index contributed by atoms with van der Waals surface area (Å²) in [6.45, 7) is 3.03. The molecule has 1 atom stereocenters. The van der Waals surface area contributed by atoms with E-state index in [-0.39, 0.29) is 5.76 Å². The van der Waals surface area contributed by atoms with Gasteiger partial charge in [0.15, 0.2) is 0 Å². The molecule has 5 nitrogen and oxygen atoms in total. The van der Waals surface area contributed by atoms with E-state index in [9.17, 15) is 4.79 Å². The van der Waals surface area contributed by atoms with E-state index >= 15 is 0 Å². The van der Waals surface area contributed by atoms with Crippen LogP contribution in [0.1, 0.15) is 29.0 Å². The molecule has 0 aliphatic carbocycles. The fourth-order valence-corrected chi connectivity index (χ4v) is 2.04. The second-order valence-electron chi connectivity index (χ2n) is 4.29. The monoisotopic (exact) mass is 239 g/mol. The molecule has 1 aliphatic heterocycles. The third-order valence-electron chi connectivity index (χ3n) is 2.94. The van der Waals surface area contributed by atoms with Gasteiger partial charge in [-0.25, -0.2) is 4.79 Å². The first-order valence-corrected chi connectivity index (χ1v) is 5.85. The molecular formula is C12H17NO4. The van der Waals surface area contributed by atoms with E-state index < -0.39 is 5.97 Å². The minimum atomic E-state index is -1.02. The number of carboxylic acid groups (broad SMARTS) is 1.